The van der Waals surface area contributed by atoms with E-state index >= 15 is 0 Å². The van der Waals surface area contributed by atoms with E-state index in [0.29, 0.717) is 22.0 Å². The van der Waals surface area contributed by atoms with Crippen LogP contribution in [-0.4, -0.2) is 24.8 Å². The molecule has 3 aromatic rings. The average molecular weight is 498 g/mol. The summed E-state index contributed by atoms with van der Waals surface area (Å²) in [6.45, 7) is 5.18. The van der Waals surface area contributed by atoms with E-state index in [0.717, 1.165) is 12.1 Å². The van der Waals surface area contributed by atoms with Crippen LogP contribution in [0.15, 0.2) is 58.8 Å². The molecule has 0 fully saturated rings. The van der Waals surface area contributed by atoms with Crippen LogP contribution in [0.2, 0.25) is 0 Å². The van der Waals surface area contributed by atoms with Gasteiger partial charge >= 0.3 is 6.18 Å². The number of carbonyl (C=O) groups is 1. The van der Waals surface area contributed by atoms with Crippen LogP contribution >= 0.6 is 11.3 Å². The highest BCUT2D eigenvalue weighted by Crippen LogP contribution is 2.31. The number of hydrogen-bond donors (Lipinski definition) is 2. The van der Waals surface area contributed by atoms with Crippen LogP contribution < -0.4 is 10.0 Å². The molecule has 176 valence electrons. The second-order valence-corrected chi connectivity index (χ2v) is 10.9. The van der Waals surface area contributed by atoms with Crippen LogP contribution in [-0.2, 0) is 27.4 Å². The first-order chi connectivity index (χ1) is 15.2. The van der Waals surface area contributed by atoms with Crippen molar-refractivity contribution < 1.29 is 26.4 Å². The van der Waals surface area contributed by atoms with Crippen LogP contribution in [0.4, 0.5) is 18.9 Å². The van der Waals surface area contributed by atoms with E-state index in [1.807, 2.05) is 0 Å². The van der Waals surface area contributed by atoms with Gasteiger partial charge in [-0.15, -0.1) is 11.3 Å². The van der Waals surface area contributed by atoms with Crippen LogP contribution in [0.3, 0.4) is 0 Å². The molecule has 2 aromatic carbocycles. The van der Waals surface area contributed by atoms with Gasteiger partial charge in [0.1, 0.15) is 5.01 Å². The van der Waals surface area contributed by atoms with Gasteiger partial charge in [-0.05, 0) is 51.1 Å². The topological polar surface area (TPSA) is 88.2 Å². The molecule has 1 heterocycles. The van der Waals surface area contributed by atoms with Crippen LogP contribution in [0.25, 0.3) is 10.6 Å². The van der Waals surface area contributed by atoms with Crippen molar-refractivity contribution in [2.24, 2.45) is 0 Å². The summed E-state index contributed by atoms with van der Waals surface area (Å²) in [5.41, 5.74) is -0.123. The van der Waals surface area contributed by atoms with Crippen molar-refractivity contribution in [1.82, 2.24) is 9.71 Å². The lowest BCUT2D eigenvalue weighted by atomic mass is 10.1. The predicted octanol–water partition coefficient (Wildman–Crippen LogP) is 5.09. The number of nitrogens with one attached hydrogen (secondary N) is 2. The van der Waals surface area contributed by atoms with E-state index in [9.17, 15) is 26.4 Å². The lowest BCUT2D eigenvalue weighted by Gasteiger charge is -2.20. The molecular formula is C22H22F3N3O3S2. The maximum Gasteiger partial charge on any atom is 0.416 e. The summed E-state index contributed by atoms with van der Waals surface area (Å²) in [5, 5.41) is 4.79. The molecule has 0 aliphatic heterocycles. The highest BCUT2D eigenvalue weighted by atomic mass is 32.2. The van der Waals surface area contributed by atoms with E-state index in [1.54, 1.807) is 32.2 Å². The van der Waals surface area contributed by atoms with Crippen LogP contribution in [0.5, 0.6) is 0 Å². The molecule has 0 unspecified atom stereocenters. The summed E-state index contributed by atoms with van der Waals surface area (Å²) in [6.07, 6.45) is -4.49. The lowest BCUT2D eigenvalue weighted by molar-refractivity contribution is -0.137. The number of alkyl halides is 3. The molecule has 0 radical (unpaired) electrons. The third kappa shape index (κ3) is 6.86. The Morgan fingerprint density at radius 2 is 1.73 bits per heavy atom. The van der Waals surface area contributed by atoms with Crippen molar-refractivity contribution in [3.63, 3.8) is 0 Å². The first-order valence-electron chi connectivity index (χ1n) is 9.79. The zero-order valence-corrected chi connectivity index (χ0v) is 19.7. The molecule has 0 bridgehead atoms. The molecule has 1 amide bonds. The number of carbonyl (C=O) groups excluding carboxylic acids is 1. The Morgan fingerprint density at radius 3 is 2.33 bits per heavy atom. The van der Waals surface area contributed by atoms with Crippen LogP contribution in [0, 0.1) is 0 Å². The molecular weight excluding hydrogens is 475 g/mol. The molecule has 0 saturated heterocycles. The molecule has 0 spiro atoms. The summed E-state index contributed by atoms with van der Waals surface area (Å²) in [7, 11) is -3.76. The summed E-state index contributed by atoms with van der Waals surface area (Å²) in [4.78, 5) is 16.8. The van der Waals surface area contributed by atoms with Gasteiger partial charge in [0.2, 0.25) is 15.9 Å². The molecule has 0 atom stereocenters. The molecule has 0 saturated carbocycles. The van der Waals surface area contributed by atoms with Gasteiger partial charge in [0, 0.05) is 22.2 Å². The maximum atomic E-state index is 12.7. The quantitative estimate of drug-likeness (QED) is 0.497. The number of halogens is 3. The molecule has 2 N–H and O–H groups in total. The van der Waals surface area contributed by atoms with Crippen molar-refractivity contribution in [3.05, 3.63) is 65.2 Å². The van der Waals surface area contributed by atoms with Crippen molar-refractivity contribution in [2.75, 3.05) is 5.32 Å². The van der Waals surface area contributed by atoms with Crippen LogP contribution in [0.1, 0.15) is 32.0 Å². The Kier molecular flexibility index (Phi) is 6.96. The minimum Gasteiger partial charge on any atom is -0.326 e. The SMILES string of the molecule is CC(C)(C)NS(=O)(=O)c1cccc(NC(=O)Cc2csc(-c3ccc(C(F)(F)F)cc3)n2)c1. The normalized spacial score (nSPS) is 12.5. The van der Waals surface area contributed by atoms with Gasteiger partial charge < -0.3 is 5.32 Å². The minimum absolute atomic E-state index is 0.0217. The fraction of sp³-hybridized carbons (Fsp3) is 0.273. The first kappa shape index (κ1) is 24.9. The van der Waals surface area contributed by atoms with Crippen molar-refractivity contribution in [2.45, 2.75) is 43.8 Å². The zero-order chi connectivity index (χ0) is 24.4. The highest BCUT2D eigenvalue weighted by molar-refractivity contribution is 7.89. The number of thiazole rings is 1. The van der Waals surface area contributed by atoms with E-state index in [-0.39, 0.29) is 11.3 Å². The number of sulfonamides is 1. The zero-order valence-electron chi connectivity index (χ0n) is 18.0. The Balaban J connectivity index is 1.67. The van der Waals surface area contributed by atoms with Gasteiger partial charge in [-0.3, -0.25) is 4.79 Å². The van der Waals surface area contributed by atoms with Crippen molar-refractivity contribution in [1.29, 1.82) is 0 Å². The molecule has 1 aromatic heterocycles. The van der Waals surface area contributed by atoms with Gasteiger partial charge in [0.15, 0.2) is 0 Å². The monoisotopic (exact) mass is 497 g/mol. The van der Waals surface area contributed by atoms with Gasteiger partial charge in [0.25, 0.3) is 0 Å². The maximum absolute atomic E-state index is 12.7. The van der Waals surface area contributed by atoms with Gasteiger partial charge in [-0.1, -0.05) is 18.2 Å². The number of rotatable bonds is 6. The molecule has 11 heteroatoms. The minimum atomic E-state index is -4.41. The number of aromatic nitrogens is 1. The van der Waals surface area contributed by atoms with E-state index in [2.05, 4.69) is 15.0 Å². The summed E-state index contributed by atoms with van der Waals surface area (Å²) < 4.78 is 65.7. The fourth-order valence-electron chi connectivity index (χ4n) is 2.90. The third-order valence-electron chi connectivity index (χ3n) is 4.22. The molecule has 3 rings (SSSR count). The molecule has 33 heavy (non-hydrogen) atoms. The Morgan fingerprint density at radius 1 is 1.06 bits per heavy atom. The van der Waals surface area contributed by atoms with Gasteiger partial charge in [0.05, 0.1) is 22.6 Å². The second-order valence-electron chi connectivity index (χ2n) is 8.33. The number of amides is 1. The fourth-order valence-corrected chi connectivity index (χ4v) is 5.18. The summed E-state index contributed by atoms with van der Waals surface area (Å²) in [5.74, 6) is -0.405. The summed E-state index contributed by atoms with van der Waals surface area (Å²) >= 11 is 1.22. The predicted molar refractivity (Wildman–Crippen MR) is 121 cm³/mol. The first-order valence-corrected chi connectivity index (χ1v) is 12.2. The third-order valence-corrected chi connectivity index (χ3v) is 6.92. The number of nitrogens with zero attached hydrogens (tertiary/aromatic N) is 1. The van der Waals surface area contributed by atoms with Crippen molar-refractivity contribution in [3.8, 4) is 10.6 Å². The van der Waals surface area contributed by atoms with E-state index in [1.165, 1.54) is 41.7 Å². The van der Waals surface area contributed by atoms with Gasteiger partial charge in [-0.25, -0.2) is 18.1 Å². The standard InChI is InChI=1S/C22H22F3N3O3S2/c1-21(2,3)28-33(30,31)18-6-4-5-16(11-18)26-19(29)12-17-13-32-20(27-17)14-7-9-15(10-8-14)22(23,24)25/h4-11,13,28H,12H2,1-3H3,(H,26,29). The molecule has 0 aliphatic rings. The lowest BCUT2D eigenvalue weighted by Crippen LogP contribution is -2.40. The number of anilines is 1. The molecule has 6 nitrogen and oxygen atoms in total. The second kappa shape index (κ2) is 9.24. The Hall–Kier alpha value is -2.76. The Labute approximate surface area is 193 Å². The largest absolute Gasteiger partial charge is 0.416 e. The molecule has 0 aliphatic carbocycles. The number of hydrogen-bond acceptors (Lipinski definition) is 5. The van der Waals surface area contributed by atoms with E-state index in [4.69, 9.17) is 0 Å². The Bertz CT molecular complexity index is 1250. The highest BCUT2D eigenvalue weighted by Gasteiger charge is 2.30. The van der Waals surface area contributed by atoms with Gasteiger partial charge in [-0.2, -0.15) is 13.2 Å². The van der Waals surface area contributed by atoms with Crippen molar-refractivity contribution >= 4 is 33.0 Å². The average Bonchev–Trinajstić information content (AvgIpc) is 3.14. The van der Waals surface area contributed by atoms with E-state index < -0.39 is 33.2 Å². The number of benzene rings is 2. The smallest absolute Gasteiger partial charge is 0.326 e. The summed E-state index contributed by atoms with van der Waals surface area (Å²) in [6, 6.07) is 10.5.